The maximum Gasteiger partial charge on any atom is 0.245 e. The number of rotatable bonds is 7. The first kappa shape index (κ1) is 17.7. The van der Waals surface area contributed by atoms with E-state index < -0.39 is 8.32 Å². The second-order valence-electron chi connectivity index (χ2n) is 5.97. The van der Waals surface area contributed by atoms with E-state index >= 15 is 0 Å². The maximum absolute atomic E-state index is 12.0. The van der Waals surface area contributed by atoms with Crippen LogP contribution in [0.5, 0.6) is 11.5 Å². The molecule has 0 fully saturated rings. The topological polar surface area (TPSA) is 84.8 Å². The molecule has 0 saturated heterocycles. The van der Waals surface area contributed by atoms with Crippen LogP contribution in [-0.2, 0) is 4.79 Å². The minimum atomic E-state index is -2.02. The van der Waals surface area contributed by atoms with E-state index in [-0.39, 0.29) is 29.1 Å². The molecule has 2 aromatic rings. The van der Waals surface area contributed by atoms with Crippen LogP contribution in [0, 0.1) is 0 Å². The van der Waals surface area contributed by atoms with E-state index in [0.29, 0.717) is 18.6 Å². The summed E-state index contributed by atoms with van der Waals surface area (Å²) in [4.78, 5) is 12.0. The molecule has 0 atom stereocenters. The third-order valence-electron chi connectivity index (χ3n) is 2.78. The third kappa shape index (κ3) is 4.65. The fourth-order valence-electron chi connectivity index (χ4n) is 1.88. The van der Waals surface area contributed by atoms with E-state index in [1.54, 1.807) is 12.1 Å². The Morgan fingerprint density at radius 3 is 2.74 bits per heavy atom. The van der Waals surface area contributed by atoms with Gasteiger partial charge in [-0.3, -0.25) is 10.1 Å². The van der Waals surface area contributed by atoms with Gasteiger partial charge in [-0.25, -0.2) is 0 Å². The van der Waals surface area contributed by atoms with Gasteiger partial charge in [0.25, 0.3) is 0 Å². The molecule has 6 nitrogen and oxygen atoms in total. The first-order valence-corrected chi connectivity index (χ1v) is 11.8. The number of halogens is 1. The van der Waals surface area contributed by atoms with Gasteiger partial charge in [0.1, 0.15) is 0 Å². The van der Waals surface area contributed by atoms with Gasteiger partial charge in [0.05, 0.1) is 6.26 Å². The second kappa shape index (κ2) is 7.27. The lowest BCUT2D eigenvalue weighted by molar-refractivity contribution is -0.116. The highest BCUT2D eigenvalue weighted by Crippen LogP contribution is 2.47. The number of hydrogen-bond acceptors (Lipinski definition) is 5. The highest BCUT2D eigenvalue weighted by Gasteiger charge is 2.29. The first-order valence-electron chi connectivity index (χ1n) is 7.26. The molecule has 0 bridgehead atoms. The zero-order valence-electron chi connectivity index (χ0n) is 13.3. The molecule has 2 N–H and O–H groups in total. The van der Waals surface area contributed by atoms with Crippen molar-refractivity contribution in [1.82, 2.24) is 0 Å². The average Bonchev–Trinajstić information content (AvgIpc) is 3.07. The molecule has 2 heterocycles. The maximum atomic E-state index is 12.0. The molecular formula is C15H20BrNO5Si. The second-order valence-corrected chi connectivity index (χ2v) is 11.2. The van der Waals surface area contributed by atoms with Crippen LogP contribution >= 0.6 is 15.9 Å². The van der Waals surface area contributed by atoms with Crippen molar-refractivity contribution in [3.05, 3.63) is 18.4 Å². The number of amides is 1. The molecule has 8 heteroatoms. The van der Waals surface area contributed by atoms with Gasteiger partial charge < -0.3 is 18.4 Å². The van der Waals surface area contributed by atoms with Crippen LogP contribution in [0.1, 0.15) is 12.8 Å². The van der Waals surface area contributed by atoms with Crippen molar-refractivity contribution in [1.29, 1.82) is 0 Å². The fraction of sp³-hybridized carbons (Fsp3) is 0.400. The summed E-state index contributed by atoms with van der Waals surface area (Å²) >= 11 is 3.28. The summed E-state index contributed by atoms with van der Waals surface area (Å²) in [5, 5.41) is 13.8. The average molecular weight is 402 g/mol. The van der Waals surface area contributed by atoms with Crippen molar-refractivity contribution < 1.29 is 23.2 Å². The SMILES string of the molecule is C[Si](C)(C)Oc1c(NC(=O)CCCBr)oc(-c2ccco2)c1O. The highest BCUT2D eigenvalue weighted by atomic mass is 79.9. The first-order chi connectivity index (χ1) is 10.8. The molecule has 0 aliphatic heterocycles. The van der Waals surface area contributed by atoms with Crippen LogP contribution in [0.15, 0.2) is 27.2 Å². The molecule has 126 valence electrons. The van der Waals surface area contributed by atoms with E-state index in [0.717, 1.165) is 5.33 Å². The van der Waals surface area contributed by atoms with Crippen molar-refractivity contribution in [3.8, 4) is 23.0 Å². The molecular weight excluding hydrogens is 382 g/mol. The Balaban J connectivity index is 2.34. The van der Waals surface area contributed by atoms with Gasteiger partial charge in [-0.1, -0.05) is 15.9 Å². The predicted octanol–water partition coefficient (Wildman–Crippen LogP) is 4.57. The molecule has 0 aliphatic rings. The van der Waals surface area contributed by atoms with Crippen LogP contribution < -0.4 is 9.74 Å². The summed E-state index contributed by atoms with van der Waals surface area (Å²) in [6.45, 7) is 5.92. The van der Waals surface area contributed by atoms with Crippen LogP contribution in [0.4, 0.5) is 5.88 Å². The Labute approximate surface area is 144 Å². The Hall–Kier alpha value is -1.67. The molecule has 0 radical (unpaired) electrons. The quantitative estimate of drug-likeness (QED) is 0.523. The number of alkyl halides is 1. The number of aromatic hydroxyl groups is 1. The molecule has 1 amide bonds. The zero-order valence-corrected chi connectivity index (χ0v) is 15.9. The van der Waals surface area contributed by atoms with E-state index in [2.05, 4.69) is 21.2 Å². The zero-order chi connectivity index (χ0) is 17.0. The normalized spacial score (nSPS) is 11.5. The number of furan rings is 2. The predicted molar refractivity (Wildman–Crippen MR) is 93.7 cm³/mol. The molecule has 2 aromatic heterocycles. The number of anilines is 1. The number of nitrogens with one attached hydrogen (secondary N) is 1. The molecule has 0 unspecified atom stereocenters. The van der Waals surface area contributed by atoms with Crippen molar-refractivity contribution in [2.75, 3.05) is 10.6 Å². The fourth-order valence-corrected chi connectivity index (χ4v) is 2.96. The number of carbonyl (C=O) groups excluding carboxylic acids is 1. The summed E-state index contributed by atoms with van der Waals surface area (Å²) in [7, 11) is -2.02. The molecule has 23 heavy (non-hydrogen) atoms. The van der Waals surface area contributed by atoms with Gasteiger partial charge >= 0.3 is 0 Å². The standard InChI is InChI=1S/C15H20BrNO5Si/c1-23(2,3)22-14-12(19)13(10-6-5-9-20-10)21-15(14)17-11(18)7-4-8-16/h5-6,9,19H,4,7-8H2,1-3H3,(H,17,18). The molecule has 0 aliphatic carbocycles. The Morgan fingerprint density at radius 2 is 2.17 bits per heavy atom. The summed E-state index contributed by atoms with van der Waals surface area (Å²) in [6, 6.07) is 3.35. The number of hydrogen-bond donors (Lipinski definition) is 2. The third-order valence-corrected chi connectivity index (χ3v) is 4.16. The van der Waals surface area contributed by atoms with Gasteiger partial charge in [0.15, 0.2) is 5.76 Å². The van der Waals surface area contributed by atoms with Crippen LogP contribution in [0.3, 0.4) is 0 Å². The summed E-state index contributed by atoms with van der Waals surface area (Å²) < 4.78 is 16.7. The lowest BCUT2D eigenvalue weighted by atomic mass is 10.3. The smallest absolute Gasteiger partial charge is 0.245 e. The molecule has 0 saturated carbocycles. The van der Waals surface area contributed by atoms with Crippen LogP contribution in [-0.4, -0.2) is 24.7 Å². The van der Waals surface area contributed by atoms with Crippen molar-refractivity contribution in [2.45, 2.75) is 32.5 Å². The van der Waals surface area contributed by atoms with Crippen LogP contribution in [0.25, 0.3) is 11.5 Å². The Kier molecular flexibility index (Phi) is 5.58. The van der Waals surface area contributed by atoms with E-state index in [1.807, 2.05) is 19.6 Å². The van der Waals surface area contributed by atoms with Gasteiger partial charge in [0, 0.05) is 11.8 Å². The van der Waals surface area contributed by atoms with Crippen molar-refractivity contribution in [2.24, 2.45) is 0 Å². The summed E-state index contributed by atoms with van der Waals surface area (Å²) in [5.41, 5.74) is 0. The lowest BCUT2D eigenvalue weighted by Gasteiger charge is -2.18. The summed E-state index contributed by atoms with van der Waals surface area (Å²) in [6.07, 6.45) is 2.52. The molecule has 0 spiro atoms. The monoisotopic (exact) mass is 401 g/mol. The molecule has 2 rings (SSSR count). The largest absolute Gasteiger partial charge is 0.538 e. The Bertz CT molecular complexity index is 660. The van der Waals surface area contributed by atoms with Gasteiger partial charge in [-0.05, 0) is 38.2 Å². The number of carbonyl (C=O) groups is 1. The minimum absolute atomic E-state index is 0.107. The minimum Gasteiger partial charge on any atom is -0.538 e. The van der Waals surface area contributed by atoms with Crippen molar-refractivity contribution in [3.63, 3.8) is 0 Å². The molecule has 0 aromatic carbocycles. The van der Waals surface area contributed by atoms with E-state index in [9.17, 15) is 9.90 Å². The van der Waals surface area contributed by atoms with Gasteiger partial charge in [-0.2, -0.15) is 0 Å². The highest BCUT2D eigenvalue weighted by molar-refractivity contribution is 9.09. The van der Waals surface area contributed by atoms with Crippen LogP contribution in [0.2, 0.25) is 19.6 Å². The van der Waals surface area contributed by atoms with Gasteiger partial charge in [-0.15, -0.1) is 0 Å². The summed E-state index contributed by atoms with van der Waals surface area (Å²) in [5.74, 6) is 0.393. The van der Waals surface area contributed by atoms with Gasteiger partial charge in [0.2, 0.25) is 37.4 Å². The van der Waals surface area contributed by atoms with E-state index in [4.69, 9.17) is 13.3 Å². The van der Waals surface area contributed by atoms with E-state index in [1.165, 1.54) is 6.26 Å². The van der Waals surface area contributed by atoms with Crippen molar-refractivity contribution >= 4 is 36.0 Å². The Morgan fingerprint density at radius 1 is 1.43 bits per heavy atom. The lowest BCUT2D eigenvalue weighted by Crippen LogP contribution is -2.29.